The molecular weight excluding hydrogens is 224 g/mol. The lowest BCUT2D eigenvalue weighted by atomic mass is 10.0. The van der Waals surface area contributed by atoms with Crippen LogP contribution in [0.2, 0.25) is 0 Å². The summed E-state index contributed by atoms with van der Waals surface area (Å²) in [7, 11) is 0. The van der Waals surface area contributed by atoms with Crippen molar-refractivity contribution in [3.05, 3.63) is 60.7 Å². The van der Waals surface area contributed by atoms with Crippen molar-refractivity contribution in [2.24, 2.45) is 0 Å². The summed E-state index contributed by atoms with van der Waals surface area (Å²) in [4.78, 5) is 0. The predicted molar refractivity (Wildman–Crippen MR) is 75.6 cm³/mol. The van der Waals surface area contributed by atoms with E-state index in [0.717, 1.165) is 0 Å². The molecule has 2 heteroatoms. The first-order valence-electron chi connectivity index (χ1n) is 5.94. The summed E-state index contributed by atoms with van der Waals surface area (Å²) in [5.74, 6) is 0. The standard InChI is InChI=1S/C14H10.C2H6O2/c1-2-6-12-10-14-8-4-3-7-13(14)9-11(12)5-1;3-1-2-4/h1-10H;3-4H,1-2H2. The second kappa shape index (κ2) is 6.15. The van der Waals surface area contributed by atoms with E-state index < -0.39 is 0 Å². The van der Waals surface area contributed by atoms with Crippen molar-refractivity contribution in [3.8, 4) is 0 Å². The van der Waals surface area contributed by atoms with Crippen molar-refractivity contribution in [3.63, 3.8) is 0 Å². The van der Waals surface area contributed by atoms with Gasteiger partial charge in [0.1, 0.15) is 0 Å². The summed E-state index contributed by atoms with van der Waals surface area (Å²) < 4.78 is 0. The van der Waals surface area contributed by atoms with Crippen LogP contribution in [0.1, 0.15) is 0 Å². The van der Waals surface area contributed by atoms with Gasteiger partial charge in [-0.2, -0.15) is 0 Å². The zero-order valence-electron chi connectivity index (χ0n) is 10.1. The van der Waals surface area contributed by atoms with Crippen LogP contribution in [0, 0.1) is 0 Å². The highest BCUT2D eigenvalue weighted by Gasteiger charge is 1.95. The fourth-order valence-electron chi connectivity index (χ4n) is 1.88. The summed E-state index contributed by atoms with van der Waals surface area (Å²) >= 11 is 0. The van der Waals surface area contributed by atoms with Gasteiger partial charge in [0.15, 0.2) is 0 Å². The van der Waals surface area contributed by atoms with Crippen LogP contribution in [-0.4, -0.2) is 23.4 Å². The molecule has 0 heterocycles. The van der Waals surface area contributed by atoms with Crippen molar-refractivity contribution in [1.82, 2.24) is 0 Å². The number of aliphatic hydroxyl groups is 2. The lowest BCUT2D eigenvalue weighted by molar-refractivity contribution is 0.186. The molecule has 3 rings (SSSR count). The van der Waals surface area contributed by atoms with Gasteiger partial charge in [0.05, 0.1) is 13.2 Å². The van der Waals surface area contributed by atoms with Gasteiger partial charge in [0, 0.05) is 0 Å². The van der Waals surface area contributed by atoms with Crippen molar-refractivity contribution in [1.29, 1.82) is 0 Å². The van der Waals surface area contributed by atoms with Crippen molar-refractivity contribution >= 4 is 21.5 Å². The molecule has 0 aliphatic carbocycles. The van der Waals surface area contributed by atoms with Crippen LogP contribution in [0.15, 0.2) is 60.7 Å². The molecular formula is C16H16O2. The quantitative estimate of drug-likeness (QED) is 0.642. The summed E-state index contributed by atoms with van der Waals surface area (Å²) in [5, 5.41) is 20.5. The smallest absolute Gasteiger partial charge is 0.0662 e. The van der Waals surface area contributed by atoms with Gasteiger partial charge in [-0.3, -0.25) is 0 Å². The first-order chi connectivity index (χ1) is 8.85. The Labute approximate surface area is 106 Å². The third-order valence-corrected chi connectivity index (χ3v) is 2.71. The van der Waals surface area contributed by atoms with Gasteiger partial charge in [0.25, 0.3) is 0 Å². The minimum Gasteiger partial charge on any atom is -0.394 e. The molecule has 0 bridgehead atoms. The first-order valence-corrected chi connectivity index (χ1v) is 5.94. The Morgan fingerprint density at radius 2 is 0.833 bits per heavy atom. The van der Waals surface area contributed by atoms with Crippen molar-refractivity contribution in [2.45, 2.75) is 0 Å². The Kier molecular flexibility index (Phi) is 4.29. The molecule has 0 saturated heterocycles. The maximum atomic E-state index is 7.62. The van der Waals surface area contributed by atoms with Crippen molar-refractivity contribution < 1.29 is 10.2 Å². The molecule has 0 amide bonds. The molecule has 0 radical (unpaired) electrons. The van der Waals surface area contributed by atoms with Gasteiger partial charge in [-0.1, -0.05) is 48.5 Å². The van der Waals surface area contributed by atoms with Crippen LogP contribution in [0.3, 0.4) is 0 Å². The fraction of sp³-hybridized carbons (Fsp3) is 0.125. The molecule has 92 valence electrons. The zero-order chi connectivity index (χ0) is 12.8. The summed E-state index contributed by atoms with van der Waals surface area (Å²) in [6, 6.07) is 21.4. The van der Waals surface area contributed by atoms with Crippen LogP contribution in [0.25, 0.3) is 21.5 Å². The van der Waals surface area contributed by atoms with Gasteiger partial charge in [-0.05, 0) is 33.7 Å². The third-order valence-electron chi connectivity index (χ3n) is 2.71. The molecule has 2 N–H and O–H groups in total. The summed E-state index contributed by atoms with van der Waals surface area (Å²) in [6.45, 7) is -0.250. The third kappa shape index (κ3) is 2.86. The lowest BCUT2D eigenvalue weighted by Crippen LogP contribution is -1.85. The number of hydrogen-bond acceptors (Lipinski definition) is 2. The molecule has 0 unspecified atom stereocenters. The minimum atomic E-state index is -0.125. The number of fused-ring (bicyclic) bond motifs is 2. The van der Waals surface area contributed by atoms with E-state index in [1.54, 1.807) is 0 Å². The molecule has 0 aromatic heterocycles. The van der Waals surface area contributed by atoms with E-state index >= 15 is 0 Å². The van der Waals surface area contributed by atoms with Gasteiger partial charge < -0.3 is 10.2 Å². The first kappa shape index (κ1) is 12.6. The lowest BCUT2D eigenvalue weighted by Gasteiger charge is -2.00. The van der Waals surface area contributed by atoms with Gasteiger partial charge in [0.2, 0.25) is 0 Å². The average Bonchev–Trinajstić information content (AvgIpc) is 2.45. The van der Waals surface area contributed by atoms with E-state index in [0.29, 0.717) is 0 Å². The highest BCUT2D eigenvalue weighted by atomic mass is 16.3. The van der Waals surface area contributed by atoms with Crippen molar-refractivity contribution in [2.75, 3.05) is 13.2 Å². The van der Waals surface area contributed by atoms with Gasteiger partial charge in [-0.25, -0.2) is 0 Å². The Morgan fingerprint density at radius 3 is 1.06 bits per heavy atom. The Bertz CT molecular complexity index is 525. The van der Waals surface area contributed by atoms with E-state index in [2.05, 4.69) is 60.7 Å². The molecule has 3 aromatic rings. The highest BCUT2D eigenvalue weighted by Crippen LogP contribution is 2.21. The molecule has 0 spiro atoms. The van der Waals surface area contributed by atoms with Crippen LogP contribution in [0.5, 0.6) is 0 Å². The topological polar surface area (TPSA) is 40.5 Å². The molecule has 0 aliphatic rings. The molecule has 18 heavy (non-hydrogen) atoms. The summed E-state index contributed by atoms with van der Waals surface area (Å²) in [6.07, 6.45) is 0. The average molecular weight is 240 g/mol. The van der Waals surface area contributed by atoms with E-state index in [4.69, 9.17) is 10.2 Å². The normalized spacial score (nSPS) is 10.1. The maximum Gasteiger partial charge on any atom is 0.0662 e. The maximum absolute atomic E-state index is 7.62. The monoisotopic (exact) mass is 240 g/mol. The van der Waals surface area contributed by atoms with E-state index in [-0.39, 0.29) is 13.2 Å². The molecule has 0 aliphatic heterocycles. The number of hydrogen-bond donors (Lipinski definition) is 2. The number of rotatable bonds is 1. The van der Waals surface area contributed by atoms with Crippen LogP contribution in [0.4, 0.5) is 0 Å². The molecule has 0 saturated carbocycles. The summed E-state index contributed by atoms with van der Waals surface area (Å²) in [5.41, 5.74) is 0. The highest BCUT2D eigenvalue weighted by molar-refractivity contribution is 5.98. The SMILES string of the molecule is OCCO.c1ccc2cc3ccccc3cc2c1. The van der Waals surface area contributed by atoms with Crippen LogP contribution in [-0.2, 0) is 0 Å². The fourth-order valence-corrected chi connectivity index (χ4v) is 1.88. The van der Waals surface area contributed by atoms with Gasteiger partial charge in [-0.15, -0.1) is 0 Å². The largest absolute Gasteiger partial charge is 0.394 e. The molecule has 3 aromatic carbocycles. The van der Waals surface area contributed by atoms with Gasteiger partial charge >= 0.3 is 0 Å². The Hall–Kier alpha value is -1.90. The molecule has 0 fully saturated rings. The Morgan fingerprint density at radius 1 is 0.556 bits per heavy atom. The molecule has 2 nitrogen and oxygen atoms in total. The number of aliphatic hydroxyl groups excluding tert-OH is 2. The van der Waals surface area contributed by atoms with E-state index in [1.165, 1.54) is 21.5 Å². The minimum absolute atomic E-state index is 0.125. The second-order valence-corrected chi connectivity index (χ2v) is 3.99. The number of benzene rings is 3. The molecule has 0 atom stereocenters. The second-order valence-electron chi connectivity index (χ2n) is 3.99. The van der Waals surface area contributed by atoms with E-state index in [9.17, 15) is 0 Å². The van der Waals surface area contributed by atoms with Crippen LogP contribution >= 0.6 is 0 Å². The van der Waals surface area contributed by atoms with E-state index in [1.807, 2.05) is 0 Å². The zero-order valence-corrected chi connectivity index (χ0v) is 10.1. The Balaban J connectivity index is 0.000000267. The van der Waals surface area contributed by atoms with Crippen LogP contribution < -0.4 is 0 Å². The predicted octanol–water partition coefficient (Wildman–Crippen LogP) is 2.96.